The minimum atomic E-state index is 0.508. The number of fused-ring (bicyclic) bond motifs is 1. The summed E-state index contributed by atoms with van der Waals surface area (Å²) >= 11 is 3.74. The number of thiophene rings is 1. The van der Waals surface area contributed by atoms with Gasteiger partial charge in [-0.05, 0) is 48.6 Å². The summed E-state index contributed by atoms with van der Waals surface area (Å²) in [6, 6.07) is 6.56. The predicted molar refractivity (Wildman–Crippen MR) is 102 cm³/mol. The zero-order chi connectivity index (χ0) is 16.4. The van der Waals surface area contributed by atoms with Gasteiger partial charge in [-0.25, -0.2) is 0 Å². The fourth-order valence-electron chi connectivity index (χ4n) is 3.31. The topological polar surface area (TPSA) is 55.1 Å². The Balaban J connectivity index is 1.55. The van der Waals surface area contributed by atoms with Crippen LogP contribution < -0.4 is 5.32 Å². The van der Waals surface area contributed by atoms with E-state index in [2.05, 4.69) is 45.6 Å². The Morgan fingerprint density at radius 2 is 2.25 bits per heavy atom. The smallest absolute Gasteiger partial charge is 0.186 e. The summed E-state index contributed by atoms with van der Waals surface area (Å²) in [6.07, 6.45) is 5.08. The van der Waals surface area contributed by atoms with Gasteiger partial charge in [0.15, 0.2) is 11.5 Å². The fourth-order valence-corrected chi connectivity index (χ4v) is 5.12. The molecule has 0 aliphatic heterocycles. The third kappa shape index (κ3) is 3.28. The second-order valence-corrected chi connectivity index (χ2v) is 8.47. The molecule has 1 saturated carbocycles. The maximum atomic E-state index is 4.73. The molecule has 3 aromatic rings. The van der Waals surface area contributed by atoms with Gasteiger partial charge in [0.2, 0.25) is 0 Å². The summed E-state index contributed by atoms with van der Waals surface area (Å²) in [5.74, 6) is 2.91. The van der Waals surface area contributed by atoms with Crippen molar-refractivity contribution in [2.24, 2.45) is 0 Å². The van der Waals surface area contributed by atoms with Crippen LogP contribution in [0, 0.1) is 0 Å². The number of nitrogens with zero attached hydrogens (tertiary/aromatic N) is 4. The first-order valence-corrected chi connectivity index (χ1v) is 10.5. The van der Waals surface area contributed by atoms with Crippen LogP contribution in [-0.2, 0) is 0 Å². The van der Waals surface area contributed by atoms with Gasteiger partial charge in [0.25, 0.3) is 0 Å². The van der Waals surface area contributed by atoms with Gasteiger partial charge in [0.1, 0.15) is 5.82 Å². The van der Waals surface area contributed by atoms with Crippen molar-refractivity contribution in [1.82, 2.24) is 19.8 Å². The number of hydrogen-bond donors (Lipinski definition) is 1. The molecule has 0 radical (unpaired) electrons. The van der Waals surface area contributed by atoms with E-state index in [0.29, 0.717) is 6.04 Å². The molecular formula is C17H21N5S2. The number of thioether (sulfide) groups is 1. The summed E-state index contributed by atoms with van der Waals surface area (Å²) in [6.45, 7) is 2.25. The highest BCUT2D eigenvalue weighted by molar-refractivity contribution is 7.99. The average molecular weight is 360 g/mol. The third-order valence-corrected chi connectivity index (χ3v) is 6.34. The van der Waals surface area contributed by atoms with Crippen molar-refractivity contribution in [2.45, 2.75) is 43.9 Å². The van der Waals surface area contributed by atoms with Gasteiger partial charge in [-0.3, -0.25) is 0 Å². The van der Waals surface area contributed by atoms with E-state index in [1.165, 1.54) is 31.4 Å². The SMILES string of the molecule is CCSC1CCCC(Nc2ccc3nnc(-c4ccsc4)n3n2)C1. The highest BCUT2D eigenvalue weighted by Gasteiger charge is 2.22. The van der Waals surface area contributed by atoms with Crippen LogP contribution in [0.25, 0.3) is 17.0 Å². The third-order valence-electron chi connectivity index (χ3n) is 4.42. The lowest BCUT2D eigenvalue weighted by Crippen LogP contribution is -2.29. The van der Waals surface area contributed by atoms with E-state index in [-0.39, 0.29) is 0 Å². The van der Waals surface area contributed by atoms with Crippen LogP contribution >= 0.6 is 23.1 Å². The molecule has 0 aromatic carbocycles. The number of hydrogen-bond acceptors (Lipinski definition) is 6. The Bertz CT molecular complexity index is 797. The van der Waals surface area contributed by atoms with E-state index in [0.717, 1.165) is 28.1 Å². The van der Waals surface area contributed by atoms with Gasteiger partial charge in [-0.15, -0.1) is 15.3 Å². The number of rotatable bonds is 5. The maximum absolute atomic E-state index is 4.73. The molecule has 126 valence electrons. The molecule has 3 aromatic heterocycles. The van der Waals surface area contributed by atoms with Gasteiger partial charge in [0.05, 0.1) is 0 Å². The maximum Gasteiger partial charge on any atom is 0.186 e. The Morgan fingerprint density at radius 3 is 3.08 bits per heavy atom. The lowest BCUT2D eigenvalue weighted by atomic mass is 9.95. The number of nitrogens with one attached hydrogen (secondary N) is 1. The Labute approximate surface area is 149 Å². The zero-order valence-corrected chi connectivity index (χ0v) is 15.3. The van der Waals surface area contributed by atoms with E-state index < -0.39 is 0 Å². The van der Waals surface area contributed by atoms with Crippen LogP contribution in [0.3, 0.4) is 0 Å². The summed E-state index contributed by atoms with van der Waals surface area (Å²) in [5.41, 5.74) is 1.85. The summed E-state index contributed by atoms with van der Waals surface area (Å²) in [4.78, 5) is 0. The standard InChI is InChI=1S/C17H21N5S2/c1-2-24-14-5-3-4-13(10-14)18-15-6-7-16-19-20-17(22(16)21-15)12-8-9-23-11-12/h6-9,11,13-14H,2-5,10H2,1H3,(H,18,21). The van der Waals surface area contributed by atoms with Crippen molar-refractivity contribution in [3.63, 3.8) is 0 Å². The van der Waals surface area contributed by atoms with Gasteiger partial charge >= 0.3 is 0 Å². The molecule has 3 heterocycles. The average Bonchev–Trinajstić information content (AvgIpc) is 3.24. The first-order chi connectivity index (χ1) is 11.8. The molecule has 0 saturated heterocycles. The number of anilines is 1. The molecule has 0 bridgehead atoms. The molecule has 2 unspecified atom stereocenters. The van der Waals surface area contributed by atoms with Crippen LogP contribution in [0.1, 0.15) is 32.6 Å². The van der Waals surface area contributed by atoms with Crippen molar-refractivity contribution >= 4 is 34.6 Å². The zero-order valence-electron chi connectivity index (χ0n) is 13.7. The first-order valence-electron chi connectivity index (χ1n) is 8.46. The highest BCUT2D eigenvalue weighted by atomic mass is 32.2. The van der Waals surface area contributed by atoms with Crippen LogP contribution in [0.15, 0.2) is 29.0 Å². The molecule has 1 aliphatic rings. The van der Waals surface area contributed by atoms with Gasteiger partial charge < -0.3 is 5.32 Å². The monoisotopic (exact) mass is 359 g/mol. The summed E-state index contributed by atoms with van der Waals surface area (Å²) < 4.78 is 1.84. The molecule has 1 fully saturated rings. The predicted octanol–water partition coefficient (Wildman–Crippen LogP) is 4.33. The van der Waals surface area contributed by atoms with Gasteiger partial charge in [-0.1, -0.05) is 13.3 Å². The van der Waals surface area contributed by atoms with Gasteiger partial charge in [0, 0.05) is 22.2 Å². The molecule has 5 nitrogen and oxygen atoms in total. The van der Waals surface area contributed by atoms with E-state index in [4.69, 9.17) is 5.10 Å². The Morgan fingerprint density at radius 1 is 1.29 bits per heavy atom. The van der Waals surface area contributed by atoms with Crippen LogP contribution in [-0.4, -0.2) is 36.9 Å². The lowest BCUT2D eigenvalue weighted by molar-refractivity contribution is 0.472. The second kappa shape index (κ2) is 7.11. The van der Waals surface area contributed by atoms with Gasteiger partial charge in [-0.2, -0.15) is 27.6 Å². The van der Waals surface area contributed by atoms with Crippen molar-refractivity contribution in [1.29, 1.82) is 0 Å². The first kappa shape index (κ1) is 15.9. The number of aromatic nitrogens is 4. The highest BCUT2D eigenvalue weighted by Crippen LogP contribution is 2.30. The minimum Gasteiger partial charge on any atom is -0.366 e. The Hall–Kier alpha value is -1.60. The normalized spacial score (nSPS) is 21.2. The second-order valence-electron chi connectivity index (χ2n) is 6.11. The fraction of sp³-hybridized carbons (Fsp3) is 0.471. The van der Waals surface area contributed by atoms with Crippen LogP contribution in [0.5, 0.6) is 0 Å². The van der Waals surface area contributed by atoms with Crippen molar-refractivity contribution in [2.75, 3.05) is 11.1 Å². The Kier molecular flexibility index (Phi) is 4.71. The van der Waals surface area contributed by atoms with E-state index in [9.17, 15) is 0 Å². The van der Waals surface area contributed by atoms with Crippen LogP contribution in [0.2, 0.25) is 0 Å². The van der Waals surface area contributed by atoms with Crippen molar-refractivity contribution in [3.05, 3.63) is 29.0 Å². The minimum absolute atomic E-state index is 0.508. The molecule has 2 atom stereocenters. The molecule has 7 heteroatoms. The van der Waals surface area contributed by atoms with E-state index in [1.54, 1.807) is 11.3 Å². The van der Waals surface area contributed by atoms with Crippen molar-refractivity contribution in [3.8, 4) is 11.4 Å². The lowest BCUT2D eigenvalue weighted by Gasteiger charge is -2.29. The molecule has 1 N–H and O–H groups in total. The van der Waals surface area contributed by atoms with E-state index >= 15 is 0 Å². The quantitative estimate of drug-likeness (QED) is 0.735. The molecule has 24 heavy (non-hydrogen) atoms. The van der Waals surface area contributed by atoms with Crippen molar-refractivity contribution < 1.29 is 0 Å². The molecule has 4 rings (SSSR count). The summed E-state index contributed by atoms with van der Waals surface area (Å²) in [5, 5.41) is 21.8. The molecular weight excluding hydrogens is 338 g/mol. The molecule has 1 aliphatic carbocycles. The summed E-state index contributed by atoms with van der Waals surface area (Å²) in [7, 11) is 0. The largest absolute Gasteiger partial charge is 0.366 e. The molecule has 0 spiro atoms. The van der Waals surface area contributed by atoms with Crippen LogP contribution in [0.4, 0.5) is 5.82 Å². The molecule has 0 amide bonds. The van der Waals surface area contributed by atoms with E-state index in [1.807, 2.05) is 22.0 Å².